The highest BCUT2D eigenvalue weighted by molar-refractivity contribution is 7.26. The second kappa shape index (κ2) is 16.3. The van der Waals surface area contributed by atoms with Crippen LogP contribution < -0.4 is 9.80 Å². The first-order chi connectivity index (χ1) is 31.7. The predicted octanol–water partition coefficient (Wildman–Crippen LogP) is 18.0. The van der Waals surface area contributed by atoms with E-state index in [1.54, 1.807) is 0 Å². The van der Waals surface area contributed by atoms with Crippen LogP contribution in [0.5, 0.6) is 0 Å². The smallest absolute Gasteiger partial charge is 0.0462 e. The summed E-state index contributed by atoms with van der Waals surface area (Å²) in [6, 6.07) is 79.4. The summed E-state index contributed by atoms with van der Waals surface area (Å²) in [7, 11) is 0. The topological polar surface area (TPSA) is 6.48 Å². The molecule has 64 heavy (non-hydrogen) atoms. The van der Waals surface area contributed by atoms with Crippen LogP contribution in [0.25, 0.3) is 62.6 Å². The van der Waals surface area contributed by atoms with Crippen LogP contribution >= 0.6 is 22.7 Å². The molecule has 304 valence electrons. The minimum atomic E-state index is 0.328. The third-order valence-electron chi connectivity index (χ3n) is 12.6. The van der Waals surface area contributed by atoms with Crippen LogP contribution in [0.1, 0.15) is 17.9 Å². The van der Waals surface area contributed by atoms with Gasteiger partial charge in [-0.05, 0) is 113 Å². The molecule has 1 aliphatic rings. The Morgan fingerprint density at radius 1 is 0.359 bits per heavy atom. The monoisotopic (exact) mass is 854 g/mol. The van der Waals surface area contributed by atoms with Crippen molar-refractivity contribution in [2.45, 2.75) is 12.3 Å². The SMILES string of the molecule is C1=CC(c2cccc3c2sc2ccccc23)CC=C1N(c1ccccc1)c1ccc(-c2ccc(N(c3ccccc3)c3ccc(-c4cccc5c4sc4ccccc45)cc3)cc2)cc1. The lowest BCUT2D eigenvalue weighted by molar-refractivity contribution is 0.849. The second-order valence-electron chi connectivity index (χ2n) is 16.4. The van der Waals surface area contributed by atoms with E-state index < -0.39 is 0 Å². The second-order valence-corrected chi connectivity index (χ2v) is 18.5. The number of anilines is 5. The van der Waals surface area contributed by atoms with Gasteiger partial charge >= 0.3 is 0 Å². The van der Waals surface area contributed by atoms with Crippen molar-refractivity contribution in [2.24, 2.45) is 0 Å². The highest BCUT2D eigenvalue weighted by Gasteiger charge is 2.21. The predicted molar refractivity (Wildman–Crippen MR) is 277 cm³/mol. The molecule has 0 N–H and O–H groups in total. The Hall–Kier alpha value is -7.50. The van der Waals surface area contributed by atoms with Gasteiger partial charge in [0.1, 0.15) is 0 Å². The summed E-state index contributed by atoms with van der Waals surface area (Å²) in [4.78, 5) is 4.72. The number of thiophene rings is 2. The Kier molecular flexibility index (Phi) is 9.74. The molecule has 0 saturated heterocycles. The highest BCUT2D eigenvalue weighted by Crippen LogP contribution is 2.44. The molecule has 2 nitrogen and oxygen atoms in total. The lowest BCUT2D eigenvalue weighted by Crippen LogP contribution is -2.17. The molecule has 0 fully saturated rings. The van der Waals surface area contributed by atoms with Crippen LogP contribution in [0.15, 0.2) is 242 Å². The minimum absolute atomic E-state index is 0.328. The fourth-order valence-corrected chi connectivity index (χ4v) is 12.0. The molecule has 0 aliphatic heterocycles. The van der Waals surface area contributed by atoms with Crippen molar-refractivity contribution >= 4 is 91.5 Å². The number of nitrogens with zero attached hydrogens (tertiary/aromatic N) is 2. The van der Waals surface area contributed by atoms with Gasteiger partial charge in [0, 0.05) is 80.4 Å². The quantitative estimate of drug-likeness (QED) is 0.143. The van der Waals surface area contributed by atoms with Gasteiger partial charge in [0.15, 0.2) is 0 Å². The van der Waals surface area contributed by atoms with Crippen molar-refractivity contribution in [1.82, 2.24) is 0 Å². The lowest BCUT2D eigenvalue weighted by Gasteiger charge is -2.29. The van der Waals surface area contributed by atoms with Gasteiger partial charge in [0.2, 0.25) is 0 Å². The molecule has 1 unspecified atom stereocenters. The molecule has 1 atom stereocenters. The van der Waals surface area contributed by atoms with E-state index in [-0.39, 0.29) is 0 Å². The number of hydrogen-bond acceptors (Lipinski definition) is 4. The van der Waals surface area contributed by atoms with E-state index in [9.17, 15) is 0 Å². The zero-order valence-electron chi connectivity index (χ0n) is 35.0. The zero-order chi connectivity index (χ0) is 42.4. The van der Waals surface area contributed by atoms with Crippen LogP contribution in [0.2, 0.25) is 0 Å². The summed E-state index contributed by atoms with van der Waals surface area (Å²) in [6.07, 6.45) is 8.08. The van der Waals surface area contributed by atoms with Gasteiger partial charge in [-0.3, -0.25) is 0 Å². The molecule has 0 bridgehead atoms. The lowest BCUT2D eigenvalue weighted by atomic mass is 9.90. The van der Waals surface area contributed by atoms with Crippen molar-refractivity contribution in [3.05, 3.63) is 248 Å². The molecule has 9 aromatic carbocycles. The molecule has 0 saturated carbocycles. The van der Waals surface area contributed by atoms with Crippen molar-refractivity contribution in [3.63, 3.8) is 0 Å². The van der Waals surface area contributed by atoms with E-state index in [4.69, 9.17) is 0 Å². The van der Waals surface area contributed by atoms with Gasteiger partial charge in [-0.2, -0.15) is 0 Å². The fraction of sp³-hybridized carbons (Fsp3) is 0.0333. The Bertz CT molecular complexity index is 3510. The average Bonchev–Trinajstić information content (AvgIpc) is 3.95. The summed E-state index contributed by atoms with van der Waals surface area (Å²) in [5, 5.41) is 5.35. The zero-order valence-corrected chi connectivity index (χ0v) is 36.6. The van der Waals surface area contributed by atoms with Gasteiger partial charge in [-0.1, -0.05) is 158 Å². The summed E-state index contributed by atoms with van der Waals surface area (Å²) in [5.74, 6) is 0.328. The van der Waals surface area contributed by atoms with Crippen molar-refractivity contribution in [3.8, 4) is 22.3 Å². The van der Waals surface area contributed by atoms with Gasteiger partial charge in [-0.15, -0.1) is 22.7 Å². The average molecular weight is 855 g/mol. The molecule has 2 heterocycles. The molecular formula is C60H42N2S2. The molecule has 11 aromatic rings. The summed E-state index contributed by atoms with van der Waals surface area (Å²) < 4.78 is 5.41. The van der Waals surface area contributed by atoms with Crippen molar-refractivity contribution in [2.75, 3.05) is 9.80 Å². The third kappa shape index (κ3) is 6.89. The van der Waals surface area contributed by atoms with Crippen LogP contribution in [0.4, 0.5) is 28.4 Å². The molecule has 2 aromatic heterocycles. The van der Waals surface area contributed by atoms with Crippen molar-refractivity contribution < 1.29 is 0 Å². The number of rotatable bonds is 9. The van der Waals surface area contributed by atoms with Gasteiger partial charge in [0.05, 0.1) is 0 Å². The summed E-state index contributed by atoms with van der Waals surface area (Å²) in [5.41, 5.74) is 13.1. The largest absolute Gasteiger partial charge is 0.311 e. The number of hydrogen-bond donors (Lipinski definition) is 0. The van der Waals surface area contributed by atoms with E-state index in [0.717, 1.165) is 34.9 Å². The Morgan fingerprint density at radius 3 is 1.39 bits per heavy atom. The van der Waals surface area contributed by atoms with E-state index >= 15 is 0 Å². The molecule has 1 aliphatic carbocycles. The normalized spacial score (nSPS) is 13.8. The molecule has 0 amide bonds. The summed E-state index contributed by atoms with van der Waals surface area (Å²) in [6.45, 7) is 0. The Balaban J connectivity index is 0.818. The van der Waals surface area contributed by atoms with E-state index in [1.807, 2.05) is 22.7 Å². The first kappa shape index (κ1) is 38.2. The molecule has 4 heteroatoms. The van der Waals surface area contributed by atoms with Gasteiger partial charge < -0.3 is 9.80 Å². The van der Waals surface area contributed by atoms with E-state index in [2.05, 4.69) is 246 Å². The van der Waals surface area contributed by atoms with Crippen LogP contribution in [-0.4, -0.2) is 0 Å². The molecule has 0 radical (unpaired) electrons. The summed E-state index contributed by atoms with van der Waals surface area (Å²) >= 11 is 3.79. The number of fused-ring (bicyclic) bond motifs is 6. The van der Waals surface area contributed by atoms with Gasteiger partial charge in [-0.25, -0.2) is 0 Å². The maximum atomic E-state index is 2.41. The Labute approximate surface area is 381 Å². The van der Waals surface area contributed by atoms with Crippen LogP contribution in [-0.2, 0) is 0 Å². The first-order valence-corrected chi connectivity index (χ1v) is 23.6. The fourth-order valence-electron chi connectivity index (χ4n) is 9.49. The molecular weight excluding hydrogens is 813 g/mol. The van der Waals surface area contributed by atoms with Crippen molar-refractivity contribution in [1.29, 1.82) is 0 Å². The van der Waals surface area contributed by atoms with Gasteiger partial charge in [0.25, 0.3) is 0 Å². The van der Waals surface area contributed by atoms with Crippen LogP contribution in [0, 0.1) is 0 Å². The minimum Gasteiger partial charge on any atom is -0.311 e. The highest BCUT2D eigenvalue weighted by atomic mass is 32.1. The molecule has 0 spiro atoms. The van der Waals surface area contributed by atoms with E-state index in [1.165, 1.54) is 73.9 Å². The standard InChI is InChI=1S/C60H42N2S2/c1-3-13-45(14-4-1)61(49-37-29-43(30-38-49)51-19-11-21-55-53-17-7-9-23-57(53)63-59(51)55)47-33-25-41(26-34-47)42-27-35-48(36-28-42)62(46-15-5-2-6-16-46)50-39-31-44(32-40-50)52-20-12-22-56-54-18-8-10-24-58(54)64-60(52)56/h1-31,33-40,44H,32H2. The Morgan fingerprint density at radius 2 is 0.812 bits per heavy atom. The first-order valence-electron chi connectivity index (χ1n) is 21.9. The number of benzene rings is 9. The van der Waals surface area contributed by atoms with Crippen LogP contribution in [0.3, 0.4) is 0 Å². The van der Waals surface area contributed by atoms with E-state index in [0.29, 0.717) is 5.92 Å². The molecule has 12 rings (SSSR count). The third-order valence-corrected chi connectivity index (χ3v) is 15.1. The maximum absolute atomic E-state index is 2.41. The maximum Gasteiger partial charge on any atom is 0.0462 e. The number of allylic oxidation sites excluding steroid dienone is 3. The number of para-hydroxylation sites is 2.